The number of benzene rings is 2. The number of carbonyl (C=O) groups excluding carboxylic acids is 1. The van der Waals surface area contributed by atoms with Crippen molar-refractivity contribution in [3.05, 3.63) is 65.5 Å². The molecule has 2 aromatic rings. The molecule has 2 aromatic carbocycles. The highest BCUT2D eigenvalue weighted by molar-refractivity contribution is 7.92. The molecule has 0 radical (unpaired) electrons. The summed E-state index contributed by atoms with van der Waals surface area (Å²) in [5, 5.41) is 2.82. The number of carbonyl (C=O) groups is 1. The molecule has 0 aliphatic carbocycles. The van der Waals surface area contributed by atoms with E-state index < -0.39 is 27.8 Å². The lowest BCUT2D eigenvalue weighted by atomic mass is 10.1. The van der Waals surface area contributed by atoms with Crippen molar-refractivity contribution in [3.8, 4) is 0 Å². The highest BCUT2D eigenvalue weighted by Crippen LogP contribution is 2.21. The van der Waals surface area contributed by atoms with Crippen LogP contribution in [-0.4, -0.2) is 44.6 Å². The largest absolute Gasteiger partial charge is 0.350 e. The van der Waals surface area contributed by atoms with Crippen LogP contribution in [0.15, 0.2) is 48.5 Å². The molecule has 3 rings (SSSR count). The van der Waals surface area contributed by atoms with E-state index in [0.717, 1.165) is 35.8 Å². The zero-order chi connectivity index (χ0) is 21.7. The highest BCUT2D eigenvalue weighted by atomic mass is 32.2. The first-order valence-electron chi connectivity index (χ1n) is 10.1. The molecule has 1 saturated heterocycles. The molecular weight excluding hydrogens is 405 g/mol. The minimum absolute atomic E-state index is 0.245. The second kappa shape index (κ2) is 9.57. The topological polar surface area (TPSA) is 69.7 Å². The summed E-state index contributed by atoms with van der Waals surface area (Å²) in [7, 11) is -3.73. The van der Waals surface area contributed by atoms with Crippen molar-refractivity contribution < 1.29 is 17.6 Å². The van der Waals surface area contributed by atoms with E-state index in [2.05, 4.69) is 22.3 Å². The number of hydrogen-bond acceptors (Lipinski definition) is 4. The Balaban J connectivity index is 1.66. The molecule has 1 amide bonds. The fraction of sp³-hybridized carbons (Fsp3) is 0.409. The monoisotopic (exact) mass is 433 g/mol. The summed E-state index contributed by atoms with van der Waals surface area (Å²) < 4.78 is 38.8. The Bertz CT molecular complexity index is 973. The van der Waals surface area contributed by atoms with Crippen LogP contribution in [0.3, 0.4) is 0 Å². The first-order chi connectivity index (χ1) is 14.2. The van der Waals surface area contributed by atoms with Crippen LogP contribution in [0.25, 0.3) is 0 Å². The molecule has 1 unspecified atom stereocenters. The van der Waals surface area contributed by atoms with Gasteiger partial charge in [-0.15, -0.1) is 0 Å². The third kappa shape index (κ3) is 5.79. The third-order valence-corrected chi connectivity index (χ3v) is 6.47. The SMILES string of the molecule is CC(C(=O)NCc1cccc(CN2CCCC2)c1)N(c1ccc(F)cc1)S(C)(=O)=O. The van der Waals surface area contributed by atoms with Crippen LogP contribution in [0.2, 0.25) is 0 Å². The fourth-order valence-electron chi connectivity index (χ4n) is 3.77. The van der Waals surface area contributed by atoms with Crippen molar-refractivity contribution in [1.29, 1.82) is 0 Å². The van der Waals surface area contributed by atoms with E-state index in [1.54, 1.807) is 0 Å². The van der Waals surface area contributed by atoms with E-state index in [9.17, 15) is 17.6 Å². The number of nitrogens with zero attached hydrogens (tertiary/aromatic N) is 2. The van der Waals surface area contributed by atoms with E-state index >= 15 is 0 Å². The minimum atomic E-state index is -3.73. The van der Waals surface area contributed by atoms with E-state index in [-0.39, 0.29) is 5.69 Å². The summed E-state index contributed by atoms with van der Waals surface area (Å²) in [6.07, 6.45) is 3.50. The molecule has 1 aliphatic heterocycles. The molecule has 162 valence electrons. The third-order valence-electron chi connectivity index (χ3n) is 5.23. The molecule has 1 N–H and O–H groups in total. The number of sulfonamides is 1. The molecule has 1 atom stereocenters. The molecule has 0 bridgehead atoms. The first-order valence-corrected chi connectivity index (χ1v) is 11.9. The van der Waals surface area contributed by atoms with Crippen LogP contribution in [0.4, 0.5) is 10.1 Å². The highest BCUT2D eigenvalue weighted by Gasteiger charge is 2.29. The van der Waals surface area contributed by atoms with Crippen LogP contribution in [0.5, 0.6) is 0 Å². The average Bonchev–Trinajstić information content (AvgIpc) is 3.20. The lowest BCUT2D eigenvalue weighted by molar-refractivity contribution is -0.122. The van der Waals surface area contributed by atoms with Crippen molar-refractivity contribution in [3.63, 3.8) is 0 Å². The Kier molecular flexibility index (Phi) is 7.10. The number of anilines is 1. The molecule has 1 fully saturated rings. The van der Waals surface area contributed by atoms with Gasteiger partial charge >= 0.3 is 0 Å². The van der Waals surface area contributed by atoms with Gasteiger partial charge < -0.3 is 5.32 Å². The van der Waals surface area contributed by atoms with Gasteiger partial charge in [-0.25, -0.2) is 12.8 Å². The second-order valence-electron chi connectivity index (χ2n) is 7.73. The second-order valence-corrected chi connectivity index (χ2v) is 9.59. The maximum Gasteiger partial charge on any atom is 0.243 e. The fourth-order valence-corrected chi connectivity index (χ4v) is 4.95. The molecule has 8 heteroatoms. The van der Waals surface area contributed by atoms with Crippen molar-refractivity contribution in [2.75, 3.05) is 23.7 Å². The lowest BCUT2D eigenvalue weighted by Gasteiger charge is -2.28. The summed E-state index contributed by atoms with van der Waals surface area (Å²) in [5.74, 6) is -0.896. The molecule has 1 aliphatic rings. The number of halogens is 1. The van der Waals surface area contributed by atoms with Crippen LogP contribution in [0, 0.1) is 5.82 Å². The van der Waals surface area contributed by atoms with Gasteiger partial charge in [0.1, 0.15) is 11.9 Å². The van der Waals surface area contributed by atoms with Crippen molar-refractivity contribution >= 4 is 21.6 Å². The van der Waals surface area contributed by atoms with Gasteiger partial charge in [0, 0.05) is 13.1 Å². The predicted molar refractivity (Wildman–Crippen MR) is 116 cm³/mol. The molecular formula is C22H28FN3O3S. The number of hydrogen-bond donors (Lipinski definition) is 1. The smallest absolute Gasteiger partial charge is 0.243 e. The van der Waals surface area contributed by atoms with E-state index in [0.29, 0.717) is 6.54 Å². The Morgan fingerprint density at radius 2 is 1.77 bits per heavy atom. The zero-order valence-electron chi connectivity index (χ0n) is 17.3. The van der Waals surface area contributed by atoms with Crippen LogP contribution in [-0.2, 0) is 27.9 Å². The Morgan fingerprint density at radius 1 is 1.13 bits per heavy atom. The first kappa shape index (κ1) is 22.2. The summed E-state index contributed by atoms with van der Waals surface area (Å²) >= 11 is 0. The lowest BCUT2D eigenvalue weighted by Crippen LogP contribution is -2.47. The van der Waals surface area contributed by atoms with Gasteiger partial charge in [-0.2, -0.15) is 0 Å². The van der Waals surface area contributed by atoms with Gasteiger partial charge in [0.2, 0.25) is 15.9 Å². The molecule has 0 spiro atoms. The summed E-state index contributed by atoms with van der Waals surface area (Å²) in [5.41, 5.74) is 2.40. The van der Waals surface area contributed by atoms with Gasteiger partial charge in [0.05, 0.1) is 11.9 Å². The molecule has 6 nitrogen and oxygen atoms in total. The quantitative estimate of drug-likeness (QED) is 0.695. The average molecular weight is 434 g/mol. The van der Waals surface area contributed by atoms with Gasteiger partial charge in [0.25, 0.3) is 0 Å². The Labute approximate surface area is 177 Å². The maximum absolute atomic E-state index is 13.2. The van der Waals surface area contributed by atoms with Crippen molar-refractivity contribution in [2.45, 2.75) is 38.9 Å². The number of amides is 1. The van der Waals surface area contributed by atoms with Crippen molar-refractivity contribution in [2.24, 2.45) is 0 Å². The van der Waals surface area contributed by atoms with E-state index in [1.807, 2.05) is 12.1 Å². The summed E-state index contributed by atoms with van der Waals surface area (Å²) in [6, 6.07) is 12.1. The normalized spacial score (nSPS) is 15.7. The van der Waals surface area contributed by atoms with Crippen LogP contribution >= 0.6 is 0 Å². The van der Waals surface area contributed by atoms with Gasteiger partial charge in [-0.3, -0.25) is 14.0 Å². The molecule has 0 aromatic heterocycles. The van der Waals surface area contributed by atoms with E-state index in [4.69, 9.17) is 0 Å². The van der Waals surface area contributed by atoms with E-state index in [1.165, 1.54) is 49.6 Å². The molecule has 1 heterocycles. The predicted octanol–water partition coefficient (Wildman–Crippen LogP) is 2.89. The summed E-state index contributed by atoms with van der Waals surface area (Å²) in [6.45, 7) is 4.94. The zero-order valence-corrected chi connectivity index (χ0v) is 18.2. The standard InChI is InChI=1S/C22H28FN3O3S/c1-17(26(30(2,28)29)21-10-8-20(23)9-11-21)22(27)24-15-18-6-5-7-19(14-18)16-25-12-3-4-13-25/h5-11,14,17H,3-4,12-13,15-16H2,1-2H3,(H,24,27). The van der Waals surface area contributed by atoms with Crippen LogP contribution in [0.1, 0.15) is 30.9 Å². The number of nitrogens with one attached hydrogen (secondary N) is 1. The number of likely N-dealkylation sites (tertiary alicyclic amines) is 1. The summed E-state index contributed by atoms with van der Waals surface area (Å²) in [4.78, 5) is 15.1. The van der Waals surface area contributed by atoms with Gasteiger partial charge in [-0.05, 0) is 68.2 Å². The molecule has 0 saturated carbocycles. The van der Waals surface area contributed by atoms with Crippen molar-refractivity contribution in [1.82, 2.24) is 10.2 Å². The Morgan fingerprint density at radius 3 is 2.40 bits per heavy atom. The van der Waals surface area contributed by atoms with Crippen LogP contribution < -0.4 is 9.62 Å². The van der Waals surface area contributed by atoms with Gasteiger partial charge in [-0.1, -0.05) is 24.3 Å². The minimum Gasteiger partial charge on any atom is -0.350 e. The van der Waals surface area contributed by atoms with Gasteiger partial charge in [0.15, 0.2) is 0 Å². The molecule has 30 heavy (non-hydrogen) atoms. The number of rotatable bonds is 8. The maximum atomic E-state index is 13.2. The Hall–Kier alpha value is -2.45.